The minimum atomic E-state index is -1.15. The van der Waals surface area contributed by atoms with E-state index in [1.807, 2.05) is 50.2 Å². The lowest BCUT2D eigenvalue weighted by molar-refractivity contribution is -0.142. The predicted octanol–water partition coefficient (Wildman–Crippen LogP) is 2.24. The molecule has 3 amide bonds. The van der Waals surface area contributed by atoms with Gasteiger partial charge in [0.15, 0.2) is 0 Å². The monoisotopic (exact) mass is 691 g/mol. The minimum Gasteiger partial charge on any atom is -0.508 e. The Bertz CT molecular complexity index is 1550. The third-order valence-electron chi connectivity index (χ3n) is 7.97. The number of carbonyl (C=O) groups is 4. The van der Waals surface area contributed by atoms with Crippen molar-refractivity contribution in [1.82, 2.24) is 20.9 Å². The van der Waals surface area contributed by atoms with E-state index in [2.05, 4.69) is 16.0 Å². The summed E-state index contributed by atoms with van der Waals surface area (Å²) < 4.78 is 10.9. The molecule has 13 nitrogen and oxygen atoms in total. The molecule has 7 N–H and O–H groups in total. The first kappa shape index (κ1) is 39.3. The van der Waals surface area contributed by atoms with Gasteiger partial charge in [0.1, 0.15) is 29.3 Å². The molecule has 13 heteroatoms. The Morgan fingerprint density at radius 1 is 0.840 bits per heavy atom. The van der Waals surface area contributed by atoms with E-state index in [0.29, 0.717) is 11.5 Å². The number of hydrogen-bond acceptors (Lipinski definition) is 9. The van der Waals surface area contributed by atoms with Crippen LogP contribution in [-0.4, -0.2) is 90.8 Å². The highest BCUT2D eigenvalue weighted by Gasteiger charge is 2.28. The zero-order valence-corrected chi connectivity index (χ0v) is 29.1. The van der Waals surface area contributed by atoms with Crippen molar-refractivity contribution in [2.75, 3.05) is 33.9 Å². The largest absolute Gasteiger partial charge is 0.508 e. The second kappa shape index (κ2) is 19.8. The summed E-state index contributed by atoms with van der Waals surface area (Å²) in [6.07, 6.45) is 0.647. The molecular weight excluding hydrogens is 642 g/mol. The van der Waals surface area contributed by atoms with Crippen molar-refractivity contribution in [1.29, 1.82) is 0 Å². The maximum absolute atomic E-state index is 13.6. The van der Waals surface area contributed by atoms with Crippen molar-refractivity contribution < 1.29 is 38.9 Å². The molecule has 0 heterocycles. The van der Waals surface area contributed by atoms with Gasteiger partial charge >= 0.3 is 5.97 Å². The Kier molecular flexibility index (Phi) is 15.5. The Morgan fingerprint density at radius 2 is 1.52 bits per heavy atom. The SMILES string of the molecule is COc1ccc(CN(CCNC(=O)[C@@H](N)Cc2ccc(O)cc2)CC(=O)N[C@@H](Cc2ccccc2)C(=O)N[C@@H](CC(C)C)C(=O)O)c(OC)c1. The number of carboxylic acid groups (broad SMARTS) is 1. The number of amides is 3. The number of rotatable bonds is 20. The molecule has 50 heavy (non-hydrogen) atoms. The van der Waals surface area contributed by atoms with Gasteiger partial charge in [0.25, 0.3) is 0 Å². The number of benzene rings is 3. The number of nitrogens with zero attached hydrogens (tertiary/aromatic N) is 1. The topological polar surface area (TPSA) is 193 Å². The summed E-state index contributed by atoms with van der Waals surface area (Å²) in [5.74, 6) is -1.33. The lowest BCUT2D eigenvalue weighted by atomic mass is 10.0. The molecule has 0 aromatic heterocycles. The lowest BCUT2D eigenvalue weighted by Crippen LogP contribution is -2.54. The maximum Gasteiger partial charge on any atom is 0.326 e. The van der Waals surface area contributed by atoms with Crippen molar-refractivity contribution in [2.24, 2.45) is 11.7 Å². The number of aliphatic carboxylic acids is 1. The van der Waals surface area contributed by atoms with Gasteiger partial charge < -0.3 is 41.4 Å². The Hall–Kier alpha value is -5.14. The molecule has 3 aromatic rings. The van der Waals surface area contributed by atoms with E-state index < -0.39 is 35.9 Å². The molecule has 0 aliphatic rings. The van der Waals surface area contributed by atoms with E-state index in [1.165, 1.54) is 19.2 Å². The summed E-state index contributed by atoms with van der Waals surface area (Å²) in [7, 11) is 3.07. The van der Waals surface area contributed by atoms with Crippen LogP contribution in [0.4, 0.5) is 0 Å². The summed E-state index contributed by atoms with van der Waals surface area (Å²) in [6.45, 7) is 4.23. The smallest absolute Gasteiger partial charge is 0.326 e. The molecule has 270 valence electrons. The predicted molar refractivity (Wildman–Crippen MR) is 189 cm³/mol. The van der Waals surface area contributed by atoms with Crippen LogP contribution < -0.4 is 31.2 Å². The summed E-state index contributed by atoms with van der Waals surface area (Å²) in [5.41, 5.74) is 8.48. The van der Waals surface area contributed by atoms with Gasteiger partial charge in [-0.1, -0.05) is 62.4 Å². The zero-order chi connectivity index (χ0) is 36.6. The zero-order valence-electron chi connectivity index (χ0n) is 29.1. The molecule has 0 radical (unpaired) electrons. The van der Waals surface area contributed by atoms with E-state index in [0.717, 1.165) is 16.7 Å². The quantitative estimate of drug-likeness (QED) is 0.102. The standard InChI is InChI=1S/C37H49N5O8/c1-24(2)18-32(37(47)48)41-36(46)31(20-25-8-6-5-7-9-25)40-34(44)23-42(22-27-12-15-29(49-3)21-33(27)50-4)17-16-39-35(45)30(38)19-26-10-13-28(43)14-11-26/h5-15,21,24,30-32,43H,16-20,22-23,38H2,1-4H3,(H,39,45)(H,40,44)(H,41,46)(H,47,48)/t30-,31-,32-/m0/s1. The van der Waals surface area contributed by atoms with Crippen LogP contribution >= 0.6 is 0 Å². The normalized spacial score (nSPS) is 12.9. The third kappa shape index (κ3) is 13.1. The fourth-order valence-corrected chi connectivity index (χ4v) is 5.35. The van der Waals surface area contributed by atoms with Gasteiger partial charge in [-0.2, -0.15) is 0 Å². The summed E-state index contributed by atoms with van der Waals surface area (Å²) in [5, 5.41) is 27.5. The molecule has 3 aromatic carbocycles. The van der Waals surface area contributed by atoms with E-state index in [-0.39, 0.29) is 63.0 Å². The van der Waals surface area contributed by atoms with Gasteiger partial charge in [-0.15, -0.1) is 0 Å². The number of methoxy groups -OCH3 is 2. The van der Waals surface area contributed by atoms with Crippen molar-refractivity contribution in [3.05, 3.63) is 89.5 Å². The average molecular weight is 692 g/mol. The number of nitrogens with one attached hydrogen (secondary N) is 3. The number of carboxylic acids is 1. The van der Waals surface area contributed by atoms with Crippen LogP contribution in [0.5, 0.6) is 17.2 Å². The summed E-state index contributed by atoms with van der Waals surface area (Å²) in [6, 6.07) is 17.9. The summed E-state index contributed by atoms with van der Waals surface area (Å²) >= 11 is 0. The first-order valence-electron chi connectivity index (χ1n) is 16.5. The van der Waals surface area contributed by atoms with Crippen LogP contribution in [0.15, 0.2) is 72.8 Å². The van der Waals surface area contributed by atoms with Gasteiger partial charge in [-0.05, 0) is 48.1 Å². The highest BCUT2D eigenvalue weighted by molar-refractivity contribution is 5.91. The van der Waals surface area contributed by atoms with E-state index in [9.17, 15) is 29.4 Å². The fraction of sp³-hybridized carbons (Fsp3) is 0.405. The maximum atomic E-state index is 13.6. The molecule has 0 aliphatic heterocycles. The first-order valence-corrected chi connectivity index (χ1v) is 16.5. The number of carbonyl (C=O) groups excluding carboxylic acids is 3. The van der Waals surface area contributed by atoms with Crippen molar-refractivity contribution in [3.63, 3.8) is 0 Å². The van der Waals surface area contributed by atoms with Crippen molar-refractivity contribution in [2.45, 2.75) is 57.8 Å². The van der Waals surface area contributed by atoms with E-state index in [4.69, 9.17) is 15.2 Å². The molecule has 0 saturated heterocycles. The number of nitrogens with two attached hydrogens (primary N) is 1. The summed E-state index contributed by atoms with van der Waals surface area (Å²) in [4.78, 5) is 53.6. The van der Waals surface area contributed by atoms with Gasteiger partial charge in [-0.3, -0.25) is 19.3 Å². The molecule has 0 saturated carbocycles. The fourth-order valence-electron chi connectivity index (χ4n) is 5.35. The molecule has 0 spiro atoms. The second-order valence-electron chi connectivity index (χ2n) is 12.5. The van der Waals surface area contributed by atoms with Crippen LogP contribution in [0.3, 0.4) is 0 Å². The lowest BCUT2D eigenvalue weighted by Gasteiger charge is -2.26. The number of ether oxygens (including phenoxy) is 2. The highest BCUT2D eigenvalue weighted by atomic mass is 16.5. The van der Waals surface area contributed by atoms with Crippen molar-refractivity contribution in [3.8, 4) is 17.2 Å². The van der Waals surface area contributed by atoms with Crippen molar-refractivity contribution >= 4 is 23.7 Å². The van der Waals surface area contributed by atoms with Crippen LogP contribution in [0.2, 0.25) is 0 Å². The first-order chi connectivity index (χ1) is 23.9. The molecule has 3 atom stereocenters. The van der Waals surface area contributed by atoms with Crippen LogP contribution in [0.25, 0.3) is 0 Å². The second-order valence-corrected chi connectivity index (χ2v) is 12.5. The number of aromatic hydroxyl groups is 1. The molecule has 3 rings (SSSR count). The van der Waals surface area contributed by atoms with Gasteiger partial charge in [-0.25, -0.2) is 4.79 Å². The molecule has 0 aliphatic carbocycles. The van der Waals surface area contributed by atoms with Gasteiger partial charge in [0.05, 0.1) is 26.8 Å². The van der Waals surface area contributed by atoms with E-state index in [1.54, 1.807) is 36.3 Å². The van der Waals surface area contributed by atoms with E-state index >= 15 is 0 Å². The number of phenols is 1. The average Bonchev–Trinajstić information content (AvgIpc) is 3.08. The van der Waals surface area contributed by atoms with Gasteiger partial charge in [0, 0.05) is 37.7 Å². The third-order valence-corrected chi connectivity index (χ3v) is 7.97. The highest BCUT2D eigenvalue weighted by Crippen LogP contribution is 2.25. The molecule has 0 unspecified atom stereocenters. The Labute approximate surface area is 293 Å². The minimum absolute atomic E-state index is 0.0184. The molecule has 0 fully saturated rings. The Balaban J connectivity index is 1.76. The number of hydrogen-bond donors (Lipinski definition) is 6. The van der Waals surface area contributed by atoms with Gasteiger partial charge in [0.2, 0.25) is 17.7 Å². The van der Waals surface area contributed by atoms with Crippen LogP contribution in [-0.2, 0) is 38.6 Å². The van der Waals surface area contributed by atoms with Crippen LogP contribution in [0.1, 0.15) is 37.0 Å². The Morgan fingerprint density at radius 3 is 2.14 bits per heavy atom. The van der Waals surface area contributed by atoms with Crippen LogP contribution in [0, 0.1) is 5.92 Å². The number of phenolic OH excluding ortho intramolecular Hbond substituents is 1. The molecular formula is C37H49N5O8. The molecule has 0 bridgehead atoms.